The molecule has 3 aliphatic rings. The Hall–Kier alpha value is -1.81. The van der Waals surface area contributed by atoms with E-state index in [9.17, 15) is 0 Å². The summed E-state index contributed by atoms with van der Waals surface area (Å²) in [6.45, 7) is 0. The number of nitrogens with one attached hydrogen (secondary N) is 2. The molecule has 4 nitrogen and oxygen atoms in total. The molecule has 0 amide bonds. The molecule has 0 spiro atoms. The summed E-state index contributed by atoms with van der Waals surface area (Å²) in [7, 11) is 0. The number of fused-ring (bicyclic) bond motifs is 3. The van der Waals surface area contributed by atoms with E-state index < -0.39 is 0 Å². The number of nitrogens with zero attached hydrogens (tertiary/aromatic N) is 2. The van der Waals surface area contributed by atoms with Gasteiger partial charge in [0.2, 0.25) is 0 Å². The first-order chi connectivity index (χ1) is 6.95. The fourth-order valence-corrected chi connectivity index (χ4v) is 1.74. The number of aliphatic imine (C=N–C) groups is 1. The number of hydrogen-bond acceptors (Lipinski definition) is 4. The molecule has 0 saturated heterocycles. The molecule has 0 radical (unpaired) electrons. The van der Waals surface area contributed by atoms with Crippen molar-refractivity contribution in [3.8, 4) is 0 Å². The van der Waals surface area contributed by atoms with Gasteiger partial charge in [0.25, 0.3) is 0 Å². The van der Waals surface area contributed by atoms with Crippen LogP contribution < -0.4 is 11.0 Å². The zero-order chi connectivity index (χ0) is 9.38. The van der Waals surface area contributed by atoms with Crippen molar-refractivity contribution in [1.82, 2.24) is 16.0 Å². The van der Waals surface area contributed by atoms with Gasteiger partial charge in [0.05, 0.1) is 5.70 Å². The molecule has 0 unspecified atom stereocenters. The van der Waals surface area contributed by atoms with Gasteiger partial charge in [-0.3, -0.25) is 0 Å². The molecule has 2 aliphatic heterocycles. The van der Waals surface area contributed by atoms with E-state index in [1.807, 2.05) is 17.4 Å². The Labute approximate surface area is 81.9 Å². The molecule has 70 valence electrons. The van der Waals surface area contributed by atoms with E-state index in [0.29, 0.717) is 0 Å². The van der Waals surface area contributed by atoms with Crippen LogP contribution in [-0.4, -0.2) is 11.3 Å². The van der Waals surface area contributed by atoms with Crippen molar-refractivity contribution in [3.63, 3.8) is 0 Å². The predicted molar refractivity (Wildman–Crippen MR) is 54.6 cm³/mol. The summed E-state index contributed by atoms with van der Waals surface area (Å²) in [5, 5.41) is 1.87. The van der Waals surface area contributed by atoms with Gasteiger partial charge in [-0.25, -0.2) is 10.0 Å². The zero-order valence-corrected chi connectivity index (χ0v) is 7.57. The van der Waals surface area contributed by atoms with Gasteiger partial charge >= 0.3 is 0 Å². The quantitative estimate of drug-likeness (QED) is 0.592. The van der Waals surface area contributed by atoms with Crippen LogP contribution in [0, 0.1) is 0 Å². The van der Waals surface area contributed by atoms with E-state index in [0.717, 1.165) is 12.1 Å². The van der Waals surface area contributed by atoms with E-state index in [2.05, 4.69) is 34.2 Å². The minimum Gasteiger partial charge on any atom is -0.309 e. The molecule has 4 heteroatoms. The standard InChI is InChI=1S/C10H10N4/c1-2-4-9-8(3-1)5-11-7-14-10(9)6-12-13-14/h1-2,4-7,12-13H,3H2. The molecule has 2 heterocycles. The minimum absolute atomic E-state index is 0.953. The zero-order valence-electron chi connectivity index (χ0n) is 7.57. The number of hydrogen-bond donors (Lipinski definition) is 2. The summed E-state index contributed by atoms with van der Waals surface area (Å²) >= 11 is 0. The number of hydrazine groups is 2. The molecule has 3 rings (SSSR count). The summed E-state index contributed by atoms with van der Waals surface area (Å²) < 4.78 is 0. The van der Waals surface area contributed by atoms with Gasteiger partial charge in [-0.15, -0.1) is 5.53 Å². The van der Waals surface area contributed by atoms with Crippen molar-refractivity contribution in [2.24, 2.45) is 4.99 Å². The van der Waals surface area contributed by atoms with E-state index in [4.69, 9.17) is 0 Å². The Morgan fingerprint density at radius 3 is 3.43 bits per heavy atom. The highest BCUT2D eigenvalue weighted by Crippen LogP contribution is 2.29. The first kappa shape index (κ1) is 7.58. The van der Waals surface area contributed by atoms with Crippen molar-refractivity contribution in [3.05, 3.63) is 47.5 Å². The lowest BCUT2D eigenvalue weighted by atomic mass is 9.97. The van der Waals surface area contributed by atoms with Gasteiger partial charge in [0, 0.05) is 18.0 Å². The first-order valence-corrected chi connectivity index (χ1v) is 4.55. The lowest BCUT2D eigenvalue weighted by Crippen LogP contribution is -2.36. The predicted octanol–water partition coefficient (Wildman–Crippen LogP) is 0.965. The molecule has 0 saturated carbocycles. The van der Waals surface area contributed by atoms with Crippen LogP contribution in [-0.2, 0) is 0 Å². The molecule has 14 heavy (non-hydrogen) atoms. The van der Waals surface area contributed by atoms with Crippen LogP contribution in [0.4, 0.5) is 0 Å². The second-order valence-corrected chi connectivity index (χ2v) is 3.29. The monoisotopic (exact) mass is 186 g/mol. The Morgan fingerprint density at radius 2 is 2.43 bits per heavy atom. The van der Waals surface area contributed by atoms with Crippen molar-refractivity contribution >= 4 is 6.34 Å². The van der Waals surface area contributed by atoms with E-state index >= 15 is 0 Å². The summed E-state index contributed by atoms with van der Waals surface area (Å²) in [4.78, 5) is 4.22. The van der Waals surface area contributed by atoms with Gasteiger partial charge in [0.15, 0.2) is 0 Å². The molecular weight excluding hydrogens is 176 g/mol. The number of rotatable bonds is 0. The molecule has 0 aromatic carbocycles. The van der Waals surface area contributed by atoms with E-state index in [1.54, 1.807) is 6.34 Å². The second-order valence-electron chi connectivity index (χ2n) is 3.29. The summed E-state index contributed by atoms with van der Waals surface area (Å²) in [5.41, 5.74) is 9.52. The molecule has 0 fully saturated rings. The van der Waals surface area contributed by atoms with Crippen LogP contribution in [0.3, 0.4) is 0 Å². The maximum atomic E-state index is 4.22. The Morgan fingerprint density at radius 1 is 1.43 bits per heavy atom. The Bertz CT molecular complexity index is 412. The van der Waals surface area contributed by atoms with E-state index in [1.165, 1.54) is 11.1 Å². The molecule has 0 aromatic rings. The molecule has 0 atom stereocenters. The second kappa shape index (κ2) is 2.85. The Balaban J connectivity index is 2.12. The van der Waals surface area contributed by atoms with Crippen molar-refractivity contribution in [2.75, 3.05) is 0 Å². The van der Waals surface area contributed by atoms with Crippen LogP contribution in [0.5, 0.6) is 0 Å². The lowest BCUT2D eigenvalue weighted by Gasteiger charge is -2.17. The topological polar surface area (TPSA) is 39.7 Å². The first-order valence-electron chi connectivity index (χ1n) is 4.55. The fraction of sp³-hybridized carbons (Fsp3) is 0.100. The van der Waals surface area contributed by atoms with Crippen LogP contribution in [0.15, 0.2) is 52.5 Å². The van der Waals surface area contributed by atoms with Crippen LogP contribution in [0.25, 0.3) is 0 Å². The third kappa shape index (κ3) is 1.01. The van der Waals surface area contributed by atoms with Gasteiger partial charge in [0.1, 0.15) is 6.34 Å². The minimum atomic E-state index is 0.953. The van der Waals surface area contributed by atoms with Crippen molar-refractivity contribution < 1.29 is 0 Å². The summed E-state index contributed by atoms with van der Waals surface area (Å²) in [5.74, 6) is 0. The van der Waals surface area contributed by atoms with Crippen LogP contribution in [0.2, 0.25) is 0 Å². The maximum Gasteiger partial charge on any atom is 0.112 e. The van der Waals surface area contributed by atoms with Gasteiger partial charge < -0.3 is 5.43 Å². The van der Waals surface area contributed by atoms with Gasteiger partial charge in [-0.1, -0.05) is 18.2 Å². The third-order valence-electron chi connectivity index (χ3n) is 2.42. The SMILES string of the molecule is C1=CCC2=CN=CN3NNC=C3C2=C1. The van der Waals surface area contributed by atoms with Crippen LogP contribution >= 0.6 is 0 Å². The summed E-state index contributed by atoms with van der Waals surface area (Å²) in [6.07, 6.45) is 12.9. The van der Waals surface area contributed by atoms with Gasteiger partial charge in [-0.05, 0) is 12.0 Å². The highest BCUT2D eigenvalue weighted by atomic mass is 15.7. The molecule has 2 N–H and O–H groups in total. The highest BCUT2D eigenvalue weighted by Gasteiger charge is 2.21. The largest absolute Gasteiger partial charge is 0.309 e. The third-order valence-corrected chi connectivity index (χ3v) is 2.42. The normalized spacial score (nSPS) is 22.9. The fourth-order valence-electron chi connectivity index (χ4n) is 1.74. The highest BCUT2D eigenvalue weighted by molar-refractivity contribution is 5.67. The van der Waals surface area contributed by atoms with Crippen LogP contribution in [0.1, 0.15) is 6.42 Å². The smallest absolute Gasteiger partial charge is 0.112 e. The lowest BCUT2D eigenvalue weighted by molar-refractivity contribution is 0.398. The molecule has 0 bridgehead atoms. The Kier molecular flexibility index (Phi) is 1.54. The van der Waals surface area contributed by atoms with Crippen molar-refractivity contribution in [1.29, 1.82) is 0 Å². The maximum absolute atomic E-state index is 4.22. The summed E-state index contributed by atoms with van der Waals surface area (Å²) in [6, 6.07) is 0. The molecular formula is C10H10N4. The van der Waals surface area contributed by atoms with Gasteiger partial charge in [-0.2, -0.15) is 0 Å². The number of allylic oxidation sites excluding steroid dienone is 4. The average Bonchev–Trinajstić information content (AvgIpc) is 2.61. The average molecular weight is 186 g/mol. The molecule has 0 aromatic heterocycles. The van der Waals surface area contributed by atoms with Crippen molar-refractivity contribution in [2.45, 2.75) is 6.42 Å². The van der Waals surface area contributed by atoms with E-state index in [-0.39, 0.29) is 0 Å². The molecule has 1 aliphatic carbocycles.